The molecule has 0 unspecified atom stereocenters. The minimum Gasteiger partial charge on any atom is -0.346 e. The van der Waals surface area contributed by atoms with Gasteiger partial charge in [0.25, 0.3) is 5.91 Å². The first kappa shape index (κ1) is 13.3. The molecular formula is C13H19N5O. The molecule has 0 saturated carbocycles. The fraction of sp³-hybridized carbons (Fsp3) is 0.462. The van der Waals surface area contributed by atoms with Crippen LogP contribution in [-0.4, -0.2) is 25.5 Å². The van der Waals surface area contributed by atoms with E-state index < -0.39 is 0 Å². The van der Waals surface area contributed by atoms with Crippen molar-refractivity contribution in [3.8, 4) is 0 Å². The van der Waals surface area contributed by atoms with E-state index in [-0.39, 0.29) is 5.91 Å². The van der Waals surface area contributed by atoms with E-state index in [4.69, 9.17) is 0 Å². The summed E-state index contributed by atoms with van der Waals surface area (Å²) in [7, 11) is 0. The number of rotatable bonds is 5. The maximum Gasteiger partial charge on any atom is 0.272 e. The van der Waals surface area contributed by atoms with Gasteiger partial charge in [0.1, 0.15) is 5.69 Å². The van der Waals surface area contributed by atoms with Gasteiger partial charge in [0.2, 0.25) is 0 Å². The smallest absolute Gasteiger partial charge is 0.272 e. The lowest BCUT2D eigenvalue weighted by Crippen LogP contribution is -2.23. The van der Waals surface area contributed by atoms with E-state index in [0.29, 0.717) is 12.2 Å². The molecule has 2 aromatic rings. The van der Waals surface area contributed by atoms with E-state index in [2.05, 4.69) is 15.5 Å². The lowest BCUT2D eigenvalue weighted by molar-refractivity contribution is 0.0945. The average Bonchev–Trinajstić information content (AvgIpc) is 3.03. The highest BCUT2D eigenvalue weighted by molar-refractivity contribution is 5.92. The minimum absolute atomic E-state index is 0.157. The predicted octanol–water partition coefficient (Wildman–Crippen LogP) is 1.36. The van der Waals surface area contributed by atoms with E-state index in [1.807, 2.05) is 25.5 Å². The van der Waals surface area contributed by atoms with Gasteiger partial charge < -0.3 is 5.32 Å². The Kier molecular flexibility index (Phi) is 3.99. The van der Waals surface area contributed by atoms with Crippen LogP contribution in [0.5, 0.6) is 0 Å². The molecule has 6 heteroatoms. The fourth-order valence-corrected chi connectivity index (χ4v) is 1.90. The molecule has 0 aliphatic heterocycles. The zero-order valence-corrected chi connectivity index (χ0v) is 11.6. The van der Waals surface area contributed by atoms with Gasteiger partial charge in [-0.15, -0.1) is 0 Å². The van der Waals surface area contributed by atoms with Crippen molar-refractivity contribution < 1.29 is 4.79 Å². The molecule has 102 valence electrons. The van der Waals surface area contributed by atoms with Crippen LogP contribution in [-0.2, 0) is 19.6 Å². The lowest BCUT2D eigenvalue weighted by atomic mass is 10.2. The van der Waals surface area contributed by atoms with Gasteiger partial charge in [0, 0.05) is 37.1 Å². The van der Waals surface area contributed by atoms with Crippen LogP contribution < -0.4 is 5.32 Å². The standard InChI is InChI=1S/C13H19N5O/c1-4-17-7-6-12(16-17)13(19)14-8-11-9-15-18(5-2)10(11)3/h6-7,9H,4-5,8H2,1-3H3,(H,14,19). The van der Waals surface area contributed by atoms with Crippen LogP contribution in [0.1, 0.15) is 35.6 Å². The highest BCUT2D eigenvalue weighted by Crippen LogP contribution is 2.07. The van der Waals surface area contributed by atoms with Crippen molar-refractivity contribution in [1.82, 2.24) is 24.9 Å². The largest absolute Gasteiger partial charge is 0.346 e. The monoisotopic (exact) mass is 261 g/mol. The molecule has 19 heavy (non-hydrogen) atoms. The van der Waals surface area contributed by atoms with Gasteiger partial charge in [0.05, 0.1) is 6.20 Å². The van der Waals surface area contributed by atoms with Gasteiger partial charge in [-0.05, 0) is 26.8 Å². The molecule has 2 heterocycles. The molecule has 0 aliphatic rings. The molecule has 0 radical (unpaired) electrons. The first-order valence-corrected chi connectivity index (χ1v) is 6.48. The molecule has 0 fully saturated rings. The summed E-state index contributed by atoms with van der Waals surface area (Å²) < 4.78 is 3.64. The van der Waals surface area contributed by atoms with Gasteiger partial charge in [-0.1, -0.05) is 0 Å². The Hall–Kier alpha value is -2.11. The number of hydrogen-bond acceptors (Lipinski definition) is 3. The van der Waals surface area contributed by atoms with Gasteiger partial charge >= 0.3 is 0 Å². The molecule has 1 N–H and O–H groups in total. The Bertz CT molecular complexity index is 569. The Morgan fingerprint density at radius 3 is 2.74 bits per heavy atom. The van der Waals surface area contributed by atoms with Crippen LogP contribution in [0, 0.1) is 6.92 Å². The van der Waals surface area contributed by atoms with Gasteiger partial charge in [-0.3, -0.25) is 14.2 Å². The minimum atomic E-state index is -0.157. The summed E-state index contributed by atoms with van der Waals surface area (Å²) in [6.45, 7) is 8.10. The quantitative estimate of drug-likeness (QED) is 0.883. The van der Waals surface area contributed by atoms with Crippen molar-refractivity contribution >= 4 is 5.91 Å². The Morgan fingerprint density at radius 1 is 1.37 bits per heavy atom. The number of nitrogens with one attached hydrogen (secondary N) is 1. The maximum atomic E-state index is 11.9. The van der Waals surface area contributed by atoms with Crippen LogP contribution in [0.15, 0.2) is 18.5 Å². The Labute approximate surface area is 112 Å². The first-order chi connectivity index (χ1) is 9.15. The van der Waals surface area contributed by atoms with E-state index >= 15 is 0 Å². The summed E-state index contributed by atoms with van der Waals surface area (Å²) in [5.41, 5.74) is 2.56. The lowest BCUT2D eigenvalue weighted by Gasteiger charge is -2.04. The summed E-state index contributed by atoms with van der Waals surface area (Å²) >= 11 is 0. The zero-order chi connectivity index (χ0) is 13.8. The van der Waals surface area contributed by atoms with Crippen molar-refractivity contribution in [1.29, 1.82) is 0 Å². The summed E-state index contributed by atoms with van der Waals surface area (Å²) in [5, 5.41) is 11.3. The second kappa shape index (κ2) is 5.69. The Morgan fingerprint density at radius 2 is 2.16 bits per heavy atom. The van der Waals surface area contributed by atoms with Crippen LogP contribution in [0.4, 0.5) is 0 Å². The maximum absolute atomic E-state index is 11.9. The van der Waals surface area contributed by atoms with E-state index in [9.17, 15) is 4.79 Å². The molecule has 0 aliphatic carbocycles. The molecule has 0 bridgehead atoms. The number of aromatic nitrogens is 4. The molecule has 1 amide bonds. The Balaban J connectivity index is 1.98. The molecule has 2 aromatic heterocycles. The molecular weight excluding hydrogens is 242 g/mol. The summed E-state index contributed by atoms with van der Waals surface area (Å²) in [4.78, 5) is 11.9. The number of carbonyl (C=O) groups is 1. The van der Waals surface area contributed by atoms with E-state index in [1.54, 1.807) is 23.1 Å². The number of hydrogen-bond donors (Lipinski definition) is 1. The van der Waals surface area contributed by atoms with Crippen LogP contribution in [0.2, 0.25) is 0 Å². The van der Waals surface area contributed by atoms with Crippen molar-refractivity contribution in [2.45, 2.75) is 40.4 Å². The van der Waals surface area contributed by atoms with Crippen LogP contribution in [0.3, 0.4) is 0 Å². The molecule has 6 nitrogen and oxygen atoms in total. The summed E-state index contributed by atoms with van der Waals surface area (Å²) in [6.07, 6.45) is 3.60. The molecule has 0 atom stereocenters. The third-order valence-electron chi connectivity index (χ3n) is 3.14. The third-order valence-corrected chi connectivity index (χ3v) is 3.14. The highest BCUT2D eigenvalue weighted by atomic mass is 16.1. The number of nitrogens with zero attached hydrogens (tertiary/aromatic N) is 4. The molecule has 0 spiro atoms. The fourth-order valence-electron chi connectivity index (χ4n) is 1.90. The third kappa shape index (κ3) is 2.83. The summed E-state index contributed by atoms with van der Waals surface area (Å²) in [6, 6.07) is 1.72. The predicted molar refractivity (Wildman–Crippen MR) is 71.7 cm³/mol. The van der Waals surface area contributed by atoms with Crippen molar-refractivity contribution in [3.63, 3.8) is 0 Å². The van der Waals surface area contributed by atoms with E-state index in [1.165, 1.54) is 0 Å². The second-order valence-electron chi connectivity index (χ2n) is 4.31. The van der Waals surface area contributed by atoms with E-state index in [0.717, 1.165) is 24.3 Å². The number of aryl methyl sites for hydroxylation is 2. The zero-order valence-electron chi connectivity index (χ0n) is 11.6. The number of carbonyl (C=O) groups excluding carboxylic acids is 1. The second-order valence-corrected chi connectivity index (χ2v) is 4.31. The summed E-state index contributed by atoms with van der Waals surface area (Å²) in [5.74, 6) is -0.157. The molecule has 0 aromatic carbocycles. The topological polar surface area (TPSA) is 64.7 Å². The van der Waals surface area contributed by atoms with Crippen LogP contribution >= 0.6 is 0 Å². The van der Waals surface area contributed by atoms with Crippen LogP contribution in [0.25, 0.3) is 0 Å². The SMILES string of the molecule is CCn1ccc(C(=O)NCc2cnn(CC)c2C)n1. The average molecular weight is 261 g/mol. The van der Waals surface area contributed by atoms with Crippen molar-refractivity contribution in [3.05, 3.63) is 35.4 Å². The molecule has 2 rings (SSSR count). The normalized spacial score (nSPS) is 10.7. The molecule has 0 saturated heterocycles. The van der Waals surface area contributed by atoms with Gasteiger partial charge in [-0.25, -0.2) is 0 Å². The highest BCUT2D eigenvalue weighted by Gasteiger charge is 2.11. The van der Waals surface area contributed by atoms with Crippen molar-refractivity contribution in [2.75, 3.05) is 0 Å². The van der Waals surface area contributed by atoms with Gasteiger partial charge in [-0.2, -0.15) is 10.2 Å². The first-order valence-electron chi connectivity index (χ1n) is 6.48. The van der Waals surface area contributed by atoms with Crippen molar-refractivity contribution in [2.24, 2.45) is 0 Å². The van der Waals surface area contributed by atoms with Gasteiger partial charge in [0.15, 0.2) is 0 Å². The number of amides is 1.